The van der Waals surface area contributed by atoms with E-state index in [1.54, 1.807) is 4.31 Å². The SMILES string of the molecule is CCCCCCCCN(CC)S(=O)O. The zero-order chi connectivity index (χ0) is 10.8. The molecule has 1 unspecified atom stereocenters. The van der Waals surface area contributed by atoms with E-state index < -0.39 is 11.3 Å². The smallest absolute Gasteiger partial charge is 0.234 e. The Morgan fingerprint density at radius 3 is 2.14 bits per heavy atom. The van der Waals surface area contributed by atoms with E-state index >= 15 is 0 Å². The third kappa shape index (κ3) is 7.47. The second kappa shape index (κ2) is 9.62. The van der Waals surface area contributed by atoms with Crippen molar-refractivity contribution in [2.24, 2.45) is 0 Å². The first-order valence-corrected chi connectivity index (χ1v) is 6.64. The van der Waals surface area contributed by atoms with Crippen molar-refractivity contribution in [1.82, 2.24) is 4.31 Å². The predicted molar refractivity (Wildman–Crippen MR) is 61.4 cm³/mol. The molecule has 0 aliphatic carbocycles. The standard InChI is InChI=1S/C10H23NO2S/c1-3-5-6-7-8-9-10-11(4-2)14(12)13/h3-10H2,1-2H3,(H,12,13). The van der Waals surface area contributed by atoms with Gasteiger partial charge in [0.15, 0.2) is 0 Å². The second-order valence-corrected chi connectivity index (χ2v) is 4.50. The Morgan fingerprint density at radius 1 is 1.07 bits per heavy atom. The van der Waals surface area contributed by atoms with Crippen LogP contribution in [0.1, 0.15) is 52.4 Å². The summed E-state index contributed by atoms with van der Waals surface area (Å²) in [6, 6.07) is 0. The Kier molecular flexibility index (Phi) is 9.67. The van der Waals surface area contributed by atoms with Crippen molar-refractivity contribution in [2.45, 2.75) is 52.4 Å². The number of hydrogen-bond acceptors (Lipinski definition) is 1. The molecule has 3 nitrogen and oxygen atoms in total. The minimum Gasteiger partial charge on any atom is -0.294 e. The fraction of sp³-hybridized carbons (Fsp3) is 1.00. The largest absolute Gasteiger partial charge is 0.294 e. The van der Waals surface area contributed by atoms with Crippen molar-refractivity contribution in [3.05, 3.63) is 0 Å². The molecule has 0 fully saturated rings. The van der Waals surface area contributed by atoms with Crippen molar-refractivity contribution in [1.29, 1.82) is 0 Å². The number of nitrogens with zero attached hydrogens (tertiary/aromatic N) is 1. The summed E-state index contributed by atoms with van der Waals surface area (Å²) in [4.78, 5) is 0. The zero-order valence-corrected chi connectivity index (χ0v) is 10.2. The molecule has 4 heteroatoms. The fourth-order valence-electron chi connectivity index (χ4n) is 1.42. The van der Waals surface area contributed by atoms with Gasteiger partial charge in [0.05, 0.1) is 0 Å². The Morgan fingerprint density at radius 2 is 1.64 bits per heavy atom. The van der Waals surface area contributed by atoms with Crippen LogP contribution in [0.25, 0.3) is 0 Å². The fourth-order valence-corrected chi connectivity index (χ4v) is 1.92. The molecular weight excluding hydrogens is 198 g/mol. The van der Waals surface area contributed by atoms with Crippen molar-refractivity contribution in [3.8, 4) is 0 Å². The molecule has 0 spiro atoms. The maximum atomic E-state index is 10.7. The second-order valence-electron chi connectivity index (χ2n) is 3.52. The summed E-state index contributed by atoms with van der Waals surface area (Å²) < 4.78 is 21.2. The Labute approximate surface area is 90.3 Å². The van der Waals surface area contributed by atoms with Crippen LogP contribution in [0.15, 0.2) is 0 Å². The van der Waals surface area contributed by atoms with Crippen molar-refractivity contribution < 1.29 is 8.76 Å². The molecule has 0 aromatic carbocycles. The van der Waals surface area contributed by atoms with Crippen LogP contribution in [0.3, 0.4) is 0 Å². The highest BCUT2D eigenvalue weighted by Gasteiger charge is 2.06. The molecular formula is C10H23NO2S. The third-order valence-electron chi connectivity index (χ3n) is 2.33. The number of hydrogen-bond donors (Lipinski definition) is 1. The average molecular weight is 221 g/mol. The van der Waals surface area contributed by atoms with Crippen LogP contribution in [0.2, 0.25) is 0 Å². The van der Waals surface area contributed by atoms with Gasteiger partial charge in [-0.25, -0.2) is 8.51 Å². The van der Waals surface area contributed by atoms with E-state index in [0.717, 1.165) is 13.0 Å². The lowest BCUT2D eigenvalue weighted by molar-refractivity contribution is 0.397. The van der Waals surface area contributed by atoms with Gasteiger partial charge in [-0.15, -0.1) is 0 Å². The molecule has 0 aromatic heterocycles. The molecule has 1 atom stereocenters. The van der Waals surface area contributed by atoms with Gasteiger partial charge in [-0.05, 0) is 6.42 Å². The van der Waals surface area contributed by atoms with Crippen LogP contribution in [-0.4, -0.2) is 26.2 Å². The van der Waals surface area contributed by atoms with Gasteiger partial charge in [0, 0.05) is 13.1 Å². The first-order chi connectivity index (χ1) is 6.72. The van der Waals surface area contributed by atoms with Crippen molar-refractivity contribution in [2.75, 3.05) is 13.1 Å². The first-order valence-electron chi connectivity index (χ1n) is 5.58. The van der Waals surface area contributed by atoms with Crippen LogP contribution in [-0.2, 0) is 11.3 Å². The highest BCUT2D eigenvalue weighted by atomic mass is 32.2. The van der Waals surface area contributed by atoms with E-state index in [4.69, 9.17) is 4.55 Å². The van der Waals surface area contributed by atoms with Gasteiger partial charge in [-0.2, -0.15) is 0 Å². The Hall–Kier alpha value is 0.0700. The monoisotopic (exact) mass is 221 g/mol. The van der Waals surface area contributed by atoms with Gasteiger partial charge in [-0.3, -0.25) is 4.55 Å². The molecule has 0 aromatic rings. The van der Waals surface area contributed by atoms with E-state index in [1.807, 2.05) is 6.92 Å². The maximum Gasteiger partial charge on any atom is 0.234 e. The summed E-state index contributed by atoms with van der Waals surface area (Å²) in [7, 11) is 0. The highest BCUT2D eigenvalue weighted by Crippen LogP contribution is 2.06. The topological polar surface area (TPSA) is 40.5 Å². The highest BCUT2D eigenvalue weighted by molar-refractivity contribution is 7.76. The Balaban J connectivity index is 3.29. The molecule has 0 heterocycles. The minimum atomic E-state index is -1.78. The average Bonchev–Trinajstić information content (AvgIpc) is 2.16. The van der Waals surface area contributed by atoms with E-state index in [0.29, 0.717) is 6.54 Å². The molecule has 0 aliphatic heterocycles. The molecule has 0 saturated carbocycles. The lowest BCUT2D eigenvalue weighted by Gasteiger charge is -2.14. The van der Waals surface area contributed by atoms with E-state index in [1.165, 1.54) is 32.1 Å². The summed E-state index contributed by atoms with van der Waals surface area (Å²) in [6.45, 7) is 5.50. The molecule has 0 saturated heterocycles. The number of unbranched alkanes of at least 4 members (excludes halogenated alkanes) is 5. The van der Waals surface area contributed by atoms with Crippen LogP contribution < -0.4 is 0 Å². The Bertz CT molecular complexity index is 153. The molecule has 1 N–H and O–H groups in total. The van der Waals surface area contributed by atoms with Gasteiger partial charge < -0.3 is 0 Å². The van der Waals surface area contributed by atoms with Gasteiger partial charge in [-0.1, -0.05) is 46.0 Å². The normalized spacial score (nSPS) is 13.4. The van der Waals surface area contributed by atoms with Crippen molar-refractivity contribution in [3.63, 3.8) is 0 Å². The van der Waals surface area contributed by atoms with Gasteiger partial charge >= 0.3 is 0 Å². The van der Waals surface area contributed by atoms with E-state index in [9.17, 15) is 4.21 Å². The van der Waals surface area contributed by atoms with E-state index in [-0.39, 0.29) is 0 Å². The molecule has 0 radical (unpaired) electrons. The molecule has 0 bridgehead atoms. The summed E-state index contributed by atoms with van der Waals surface area (Å²) in [5.74, 6) is 0. The molecule has 0 amide bonds. The lowest BCUT2D eigenvalue weighted by Crippen LogP contribution is -2.26. The predicted octanol–water partition coefficient (Wildman–Crippen LogP) is 2.81. The minimum absolute atomic E-state index is 0.651. The number of rotatable bonds is 9. The molecule has 0 rings (SSSR count). The molecule has 86 valence electrons. The van der Waals surface area contributed by atoms with Gasteiger partial charge in [0.2, 0.25) is 11.3 Å². The summed E-state index contributed by atoms with van der Waals surface area (Å²) >= 11 is -1.78. The molecule has 0 aliphatic rings. The summed E-state index contributed by atoms with van der Waals surface area (Å²) in [5, 5.41) is 0. The summed E-state index contributed by atoms with van der Waals surface area (Å²) in [5.41, 5.74) is 0. The third-order valence-corrected chi connectivity index (χ3v) is 3.22. The van der Waals surface area contributed by atoms with Gasteiger partial charge in [0.25, 0.3) is 0 Å². The molecule has 14 heavy (non-hydrogen) atoms. The first kappa shape index (κ1) is 14.1. The van der Waals surface area contributed by atoms with Crippen LogP contribution >= 0.6 is 0 Å². The van der Waals surface area contributed by atoms with Crippen LogP contribution in [0.4, 0.5) is 0 Å². The van der Waals surface area contributed by atoms with E-state index in [2.05, 4.69) is 6.92 Å². The summed E-state index contributed by atoms with van der Waals surface area (Å²) in [6.07, 6.45) is 7.33. The van der Waals surface area contributed by atoms with Crippen molar-refractivity contribution >= 4 is 11.3 Å². The van der Waals surface area contributed by atoms with Crippen LogP contribution in [0, 0.1) is 0 Å². The zero-order valence-electron chi connectivity index (χ0n) is 9.37. The quantitative estimate of drug-likeness (QED) is 0.480. The maximum absolute atomic E-state index is 10.7. The van der Waals surface area contributed by atoms with Gasteiger partial charge in [0.1, 0.15) is 0 Å². The van der Waals surface area contributed by atoms with Crippen LogP contribution in [0.5, 0.6) is 0 Å². The lowest BCUT2D eigenvalue weighted by atomic mass is 10.1.